The average molecular weight is 423 g/mol. The van der Waals surface area contributed by atoms with E-state index in [1.165, 1.54) is 6.07 Å². The number of furan rings is 1. The van der Waals surface area contributed by atoms with Crippen molar-refractivity contribution in [1.82, 2.24) is 0 Å². The SMILES string of the molecule is O=C(Cc1ccccc1C(=O)O)Nc1cccc(C=Cc2ccc(-c3ccccc3)o2)c1. The van der Waals surface area contributed by atoms with Crippen LogP contribution < -0.4 is 5.32 Å². The zero-order chi connectivity index (χ0) is 22.3. The summed E-state index contributed by atoms with van der Waals surface area (Å²) in [6.07, 6.45) is 3.76. The summed E-state index contributed by atoms with van der Waals surface area (Å²) in [7, 11) is 0. The highest BCUT2D eigenvalue weighted by Crippen LogP contribution is 2.23. The first-order valence-electron chi connectivity index (χ1n) is 10.1. The number of nitrogens with one attached hydrogen (secondary N) is 1. The Morgan fingerprint density at radius 2 is 1.62 bits per heavy atom. The molecule has 0 atom stereocenters. The number of carbonyl (C=O) groups is 2. The van der Waals surface area contributed by atoms with Gasteiger partial charge in [0, 0.05) is 11.3 Å². The summed E-state index contributed by atoms with van der Waals surface area (Å²) >= 11 is 0. The normalized spacial score (nSPS) is 10.9. The zero-order valence-corrected chi connectivity index (χ0v) is 17.2. The molecule has 0 aliphatic heterocycles. The minimum absolute atomic E-state index is 0.0167. The Bertz CT molecular complexity index is 1270. The lowest BCUT2D eigenvalue weighted by molar-refractivity contribution is -0.115. The van der Waals surface area contributed by atoms with Crippen LogP contribution in [0.2, 0.25) is 0 Å². The number of carboxylic acid groups (broad SMARTS) is 1. The maximum absolute atomic E-state index is 12.4. The van der Waals surface area contributed by atoms with E-state index >= 15 is 0 Å². The van der Waals surface area contributed by atoms with Gasteiger partial charge in [0.05, 0.1) is 12.0 Å². The third-order valence-corrected chi connectivity index (χ3v) is 4.89. The number of aromatic carboxylic acids is 1. The summed E-state index contributed by atoms with van der Waals surface area (Å²) in [5.41, 5.74) is 3.15. The van der Waals surface area contributed by atoms with Gasteiger partial charge in [-0.15, -0.1) is 0 Å². The van der Waals surface area contributed by atoms with Crippen LogP contribution in [0.25, 0.3) is 23.5 Å². The summed E-state index contributed by atoms with van der Waals surface area (Å²) in [6.45, 7) is 0. The lowest BCUT2D eigenvalue weighted by Gasteiger charge is -2.08. The molecular weight excluding hydrogens is 402 g/mol. The third-order valence-electron chi connectivity index (χ3n) is 4.89. The molecule has 3 aromatic carbocycles. The van der Waals surface area contributed by atoms with Gasteiger partial charge >= 0.3 is 5.97 Å². The van der Waals surface area contributed by atoms with E-state index in [0.717, 1.165) is 22.6 Å². The van der Waals surface area contributed by atoms with Gasteiger partial charge in [-0.1, -0.05) is 66.7 Å². The van der Waals surface area contributed by atoms with Gasteiger partial charge in [-0.25, -0.2) is 4.79 Å². The van der Waals surface area contributed by atoms with Crippen LogP contribution in [0.15, 0.2) is 95.4 Å². The molecule has 5 nitrogen and oxygen atoms in total. The maximum atomic E-state index is 12.4. The van der Waals surface area contributed by atoms with Crippen molar-refractivity contribution in [3.05, 3.63) is 113 Å². The van der Waals surface area contributed by atoms with E-state index in [1.807, 2.05) is 72.8 Å². The Balaban J connectivity index is 1.42. The number of anilines is 1. The van der Waals surface area contributed by atoms with Gasteiger partial charge in [0.25, 0.3) is 0 Å². The van der Waals surface area contributed by atoms with Crippen molar-refractivity contribution in [1.29, 1.82) is 0 Å². The number of amides is 1. The van der Waals surface area contributed by atoms with Crippen LogP contribution in [0.5, 0.6) is 0 Å². The minimum atomic E-state index is -1.05. The van der Waals surface area contributed by atoms with E-state index in [1.54, 1.807) is 24.3 Å². The van der Waals surface area contributed by atoms with E-state index in [2.05, 4.69) is 5.32 Å². The van der Waals surface area contributed by atoms with Crippen LogP contribution in [0.3, 0.4) is 0 Å². The Kier molecular flexibility index (Phi) is 6.28. The molecule has 1 aromatic heterocycles. The smallest absolute Gasteiger partial charge is 0.335 e. The lowest BCUT2D eigenvalue weighted by atomic mass is 10.0. The quantitative estimate of drug-likeness (QED) is 0.382. The first kappa shape index (κ1) is 20.9. The molecule has 158 valence electrons. The van der Waals surface area contributed by atoms with Gasteiger partial charge < -0.3 is 14.8 Å². The van der Waals surface area contributed by atoms with E-state index in [-0.39, 0.29) is 17.9 Å². The number of rotatable bonds is 7. The van der Waals surface area contributed by atoms with Gasteiger partial charge in [0.1, 0.15) is 11.5 Å². The predicted octanol–water partition coefficient (Wildman–Crippen LogP) is 6.00. The Labute approximate surface area is 185 Å². The van der Waals surface area contributed by atoms with E-state index < -0.39 is 5.97 Å². The molecule has 4 rings (SSSR count). The van der Waals surface area contributed by atoms with Crippen LogP contribution in [-0.2, 0) is 11.2 Å². The van der Waals surface area contributed by atoms with Crippen molar-refractivity contribution < 1.29 is 19.1 Å². The van der Waals surface area contributed by atoms with E-state index in [0.29, 0.717) is 11.3 Å². The van der Waals surface area contributed by atoms with Gasteiger partial charge in [-0.3, -0.25) is 4.79 Å². The molecule has 0 aliphatic carbocycles. The molecule has 0 radical (unpaired) electrons. The molecule has 0 saturated carbocycles. The fourth-order valence-corrected chi connectivity index (χ4v) is 3.36. The molecule has 32 heavy (non-hydrogen) atoms. The molecular formula is C27H21NO4. The molecule has 4 aromatic rings. The van der Waals surface area contributed by atoms with Gasteiger partial charge in [0.15, 0.2) is 0 Å². The maximum Gasteiger partial charge on any atom is 0.335 e. The minimum Gasteiger partial charge on any atom is -0.478 e. The fourth-order valence-electron chi connectivity index (χ4n) is 3.36. The summed E-state index contributed by atoms with van der Waals surface area (Å²) < 4.78 is 5.88. The molecule has 0 aliphatic rings. The number of carboxylic acids is 1. The molecule has 0 saturated heterocycles. The summed E-state index contributed by atoms with van der Waals surface area (Å²) in [5, 5.41) is 12.1. The Morgan fingerprint density at radius 3 is 2.44 bits per heavy atom. The second-order valence-corrected chi connectivity index (χ2v) is 7.21. The van der Waals surface area contributed by atoms with Crippen molar-refractivity contribution >= 4 is 29.7 Å². The first-order chi connectivity index (χ1) is 15.6. The standard InChI is InChI=1S/C27H21NO4/c29-26(18-21-10-4-5-12-24(21)27(30)31)28-22-11-6-7-19(17-22)13-14-23-15-16-25(32-23)20-8-2-1-3-9-20/h1-17H,18H2,(H,28,29)(H,30,31). The summed E-state index contributed by atoms with van der Waals surface area (Å²) in [5.74, 6) is 0.198. The Hall–Kier alpha value is -4.38. The highest BCUT2D eigenvalue weighted by molar-refractivity contribution is 5.96. The van der Waals surface area contributed by atoms with Crippen molar-refractivity contribution in [3.8, 4) is 11.3 Å². The molecule has 1 amide bonds. The van der Waals surface area contributed by atoms with E-state index in [9.17, 15) is 14.7 Å². The number of hydrogen-bond donors (Lipinski definition) is 2. The molecule has 2 N–H and O–H groups in total. The zero-order valence-electron chi connectivity index (χ0n) is 17.2. The topological polar surface area (TPSA) is 79.5 Å². The highest BCUT2D eigenvalue weighted by Gasteiger charge is 2.12. The molecule has 5 heteroatoms. The van der Waals surface area contributed by atoms with Crippen LogP contribution >= 0.6 is 0 Å². The van der Waals surface area contributed by atoms with Crippen molar-refractivity contribution in [2.75, 3.05) is 5.32 Å². The highest BCUT2D eigenvalue weighted by atomic mass is 16.4. The van der Waals surface area contributed by atoms with Gasteiger partial charge in [-0.2, -0.15) is 0 Å². The van der Waals surface area contributed by atoms with Crippen molar-refractivity contribution in [3.63, 3.8) is 0 Å². The Morgan fingerprint density at radius 1 is 0.844 bits per heavy atom. The first-order valence-corrected chi connectivity index (χ1v) is 10.1. The summed E-state index contributed by atoms with van der Waals surface area (Å²) in [4.78, 5) is 23.8. The number of carbonyl (C=O) groups excluding carboxylic acids is 1. The largest absolute Gasteiger partial charge is 0.478 e. The third kappa shape index (κ3) is 5.21. The van der Waals surface area contributed by atoms with Crippen LogP contribution in [0.1, 0.15) is 27.2 Å². The molecule has 0 unspecified atom stereocenters. The van der Waals surface area contributed by atoms with E-state index in [4.69, 9.17) is 4.42 Å². The lowest BCUT2D eigenvalue weighted by Crippen LogP contribution is -2.16. The second kappa shape index (κ2) is 9.62. The van der Waals surface area contributed by atoms with Crippen LogP contribution in [0.4, 0.5) is 5.69 Å². The van der Waals surface area contributed by atoms with Gasteiger partial charge in [0.2, 0.25) is 5.91 Å². The van der Waals surface area contributed by atoms with Crippen molar-refractivity contribution in [2.24, 2.45) is 0 Å². The van der Waals surface area contributed by atoms with Crippen LogP contribution in [-0.4, -0.2) is 17.0 Å². The summed E-state index contributed by atoms with van der Waals surface area (Å²) in [6, 6.07) is 27.6. The predicted molar refractivity (Wildman–Crippen MR) is 125 cm³/mol. The molecule has 0 fully saturated rings. The van der Waals surface area contributed by atoms with Crippen LogP contribution in [0, 0.1) is 0 Å². The van der Waals surface area contributed by atoms with Crippen molar-refractivity contribution in [2.45, 2.75) is 6.42 Å². The molecule has 0 bridgehead atoms. The van der Waals surface area contributed by atoms with Gasteiger partial charge in [-0.05, 0) is 47.5 Å². The average Bonchev–Trinajstić information content (AvgIpc) is 3.28. The monoisotopic (exact) mass is 423 g/mol. The molecule has 0 spiro atoms. The molecule has 1 heterocycles. The fraction of sp³-hybridized carbons (Fsp3) is 0.0370. The number of benzene rings is 3. The number of hydrogen-bond acceptors (Lipinski definition) is 3. The second-order valence-electron chi connectivity index (χ2n) is 7.21.